The van der Waals surface area contributed by atoms with Gasteiger partial charge in [-0.2, -0.15) is 11.8 Å². The smallest absolute Gasteiger partial charge is 0.191 e. The van der Waals surface area contributed by atoms with Crippen molar-refractivity contribution in [3.63, 3.8) is 0 Å². The van der Waals surface area contributed by atoms with Crippen molar-refractivity contribution in [2.24, 2.45) is 4.99 Å². The summed E-state index contributed by atoms with van der Waals surface area (Å²) < 4.78 is 5.75. The van der Waals surface area contributed by atoms with Crippen LogP contribution in [0.5, 0.6) is 0 Å². The number of hydrogen-bond acceptors (Lipinski definition) is 4. The Balaban J connectivity index is 0.00000264. The molecule has 2 heterocycles. The second-order valence-electron chi connectivity index (χ2n) is 6.48. The van der Waals surface area contributed by atoms with Gasteiger partial charge in [-0.1, -0.05) is 0 Å². The normalized spacial score (nSPS) is 27.3. The van der Waals surface area contributed by atoms with Crippen LogP contribution in [0.2, 0.25) is 0 Å². The van der Waals surface area contributed by atoms with E-state index in [-0.39, 0.29) is 24.0 Å². The van der Waals surface area contributed by atoms with E-state index in [1.165, 1.54) is 18.6 Å². The number of rotatable bonds is 6. The number of nitrogens with one attached hydrogen (secondary N) is 2. The van der Waals surface area contributed by atoms with E-state index in [2.05, 4.69) is 48.1 Å². The average Bonchev–Trinajstić information content (AvgIpc) is 2.98. The molecule has 0 radical (unpaired) electrons. The number of nitrogens with zero attached hydrogens (tertiary/aromatic N) is 2. The van der Waals surface area contributed by atoms with E-state index < -0.39 is 0 Å². The summed E-state index contributed by atoms with van der Waals surface area (Å²) in [6, 6.07) is 0.504. The first kappa shape index (κ1) is 21.3. The van der Waals surface area contributed by atoms with E-state index in [9.17, 15) is 0 Å². The first-order valence-corrected chi connectivity index (χ1v) is 9.59. The quantitative estimate of drug-likeness (QED) is 0.365. The van der Waals surface area contributed by atoms with Crippen LogP contribution in [0.1, 0.15) is 33.6 Å². The zero-order chi connectivity index (χ0) is 15.8. The zero-order valence-corrected chi connectivity index (χ0v) is 17.9. The lowest BCUT2D eigenvalue weighted by Gasteiger charge is -2.32. The number of halogens is 1. The summed E-state index contributed by atoms with van der Waals surface area (Å²) in [6.45, 7) is 13.2. The number of ether oxygens (including phenoxy) is 1. The predicted octanol–water partition coefficient (Wildman–Crippen LogP) is 2.17. The molecule has 0 aromatic carbocycles. The molecule has 2 aliphatic rings. The number of thioether (sulfide) groups is 1. The maximum absolute atomic E-state index is 5.42. The van der Waals surface area contributed by atoms with Gasteiger partial charge in [-0.25, -0.2) is 0 Å². The molecule has 23 heavy (non-hydrogen) atoms. The second kappa shape index (κ2) is 11.0. The molecule has 2 rings (SSSR count). The van der Waals surface area contributed by atoms with Gasteiger partial charge in [0.1, 0.15) is 0 Å². The summed E-state index contributed by atoms with van der Waals surface area (Å²) in [5.41, 5.74) is 0. The van der Waals surface area contributed by atoms with Crippen LogP contribution in [0.15, 0.2) is 4.99 Å². The lowest BCUT2D eigenvalue weighted by Crippen LogP contribution is -2.49. The molecule has 0 saturated carbocycles. The number of guanidine groups is 1. The van der Waals surface area contributed by atoms with E-state index in [1.54, 1.807) is 0 Å². The Morgan fingerprint density at radius 3 is 2.70 bits per heavy atom. The third-order valence-electron chi connectivity index (χ3n) is 4.45. The van der Waals surface area contributed by atoms with Crippen LogP contribution >= 0.6 is 35.7 Å². The number of aliphatic imine (C=N–C) groups is 1. The fraction of sp³-hybridized carbons (Fsp3) is 0.938. The van der Waals surface area contributed by atoms with Gasteiger partial charge in [0.05, 0.1) is 19.8 Å². The molecule has 2 N–H and O–H groups in total. The molecule has 2 unspecified atom stereocenters. The highest BCUT2D eigenvalue weighted by atomic mass is 127. The first-order valence-electron chi connectivity index (χ1n) is 8.61. The highest BCUT2D eigenvalue weighted by Gasteiger charge is 2.29. The van der Waals surface area contributed by atoms with Gasteiger partial charge in [-0.3, -0.25) is 9.89 Å². The van der Waals surface area contributed by atoms with E-state index in [4.69, 9.17) is 9.73 Å². The summed E-state index contributed by atoms with van der Waals surface area (Å²) in [5.74, 6) is 2.24. The molecule has 0 aromatic heterocycles. The SMILES string of the molecule is CCNC(=NCC1(C)CCCS1)NCC(C)N1CCOCC1.I. The molecule has 0 bridgehead atoms. The van der Waals surface area contributed by atoms with Gasteiger partial charge in [0.25, 0.3) is 0 Å². The topological polar surface area (TPSA) is 48.9 Å². The Morgan fingerprint density at radius 2 is 2.09 bits per heavy atom. The zero-order valence-electron chi connectivity index (χ0n) is 14.8. The standard InChI is InChI=1S/C16H32N4OS.HI/c1-4-17-15(19-13-16(3)6-5-11-22-16)18-12-14(2)20-7-9-21-10-8-20;/h14H,4-13H2,1-3H3,(H2,17,18,19);1H. The van der Waals surface area contributed by atoms with Crippen molar-refractivity contribution in [3.8, 4) is 0 Å². The van der Waals surface area contributed by atoms with Crippen molar-refractivity contribution in [1.29, 1.82) is 0 Å². The van der Waals surface area contributed by atoms with Crippen molar-refractivity contribution in [3.05, 3.63) is 0 Å². The van der Waals surface area contributed by atoms with Crippen LogP contribution in [-0.4, -0.2) is 73.3 Å². The van der Waals surface area contributed by atoms with Crippen LogP contribution in [0.25, 0.3) is 0 Å². The molecule has 0 amide bonds. The maximum Gasteiger partial charge on any atom is 0.191 e. The third kappa shape index (κ3) is 7.36. The van der Waals surface area contributed by atoms with E-state index in [1.807, 2.05) is 0 Å². The molecule has 5 nitrogen and oxygen atoms in total. The van der Waals surface area contributed by atoms with Gasteiger partial charge >= 0.3 is 0 Å². The summed E-state index contributed by atoms with van der Waals surface area (Å²) in [4.78, 5) is 7.30. The lowest BCUT2D eigenvalue weighted by molar-refractivity contribution is 0.0211. The van der Waals surface area contributed by atoms with Gasteiger partial charge in [0.2, 0.25) is 0 Å². The van der Waals surface area contributed by atoms with E-state index in [0.29, 0.717) is 10.8 Å². The Bertz CT molecular complexity index is 358. The summed E-state index contributed by atoms with van der Waals surface area (Å²) in [5, 5.41) is 6.87. The lowest BCUT2D eigenvalue weighted by atomic mass is 10.1. The third-order valence-corrected chi connectivity index (χ3v) is 5.97. The van der Waals surface area contributed by atoms with Crippen LogP contribution in [-0.2, 0) is 4.74 Å². The van der Waals surface area contributed by atoms with E-state index >= 15 is 0 Å². The summed E-state index contributed by atoms with van der Waals surface area (Å²) in [6.07, 6.45) is 2.61. The van der Waals surface area contributed by atoms with Crippen molar-refractivity contribution in [2.75, 3.05) is 51.7 Å². The fourth-order valence-corrected chi connectivity index (χ4v) is 4.17. The molecule has 2 fully saturated rings. The Hall–Kier alpha value is 0.270. The minimum atomic E-state index is 0. The van der Waals surface area contributed by atoms with Gasteiger partial charge in [-0.05, 0) is 39.4 Å². The predicted molar refractivity (Wildman–Crippen MR) is 111 cm³/mol. The highest BCUT2D eigenvalue weighted by Crippen LogP contribution is 2.37. The van der Waals surface area contributed by atoms with Crippen LogP contribution in [0, 0.1) is 0 Å². The van der Waals surface area contributed by atoms with Gasteiger partial charge in [0.15, 0.2) is 5.96 Å². The Morgan fingerprint density at radius 1 is 1.35 bits per heavy atom. The highest BCUT2D eigenvalue weighted by molar-refractivity contribution is 14.0. The minimum Gasteiger partial charge on any atom is -0.379 e. The molecule has 136 valence electrons. The van der Waals surface area contributed by atoms with Crippen molar-refractivity contribution >= 4 is 41.7 Å². The molecule has 0 aliphatic carbocycles. The fourth-order valence-electron chi connectivity index (χ4n) is 2.94. The molecular formula is C16H33IN4OS. The maximum atomic E-state index is 5.42. The van der Waals surface area contributed by atoms with Crippen LogP contribution in [0.4, 0.5) is 0 Å². The molecule has 7 heteroatoms. The Kier molecular flexibility index (Phi) is 10.2. The van der Waals surface area contributed by atoms with Gasteiger partial charge in [0, 0.05) is 37.0 Å². The first-order chi connectivity index (χ1) is 10.6. The van der Waals surface area contributed by atoms with Gasteiger partial charge in [-0.15, -0.1) is 24.0 Å². The van der Waals surface area contributed by atoms with Crippen molar-refractivity contribution in [2.45, 2.75) is 44.4 Å². The van der Waals surface area contributed by atoms with Gasteiger partial charge < -0.3 is 15.4 Å². The van der Waals surface area contributed by atoms with E-state index in [0.717, 1.165) is 51.9 Å². The molecule has 0 spiro atoms. The second-order valence-corrected chi connectivity index (χ2v) is 8.16. The van der Waals surface area contributed by atoms with Crippen LogP contribution in [0.3, 0.4) is 0 Å². The largest absolute Gasteiger partial charge is 0.379 e. The number of hydrogen-bond donors (Lipinski definition) is 2. The Labute approximate surface area is 162 Å². The molecular weight excluding hydrogens is 423 g/mol. The summed E-state index contributed by atoms with van der Waals surface area (Å²) in [7, 11) is 0. The summed E-state index contributed by atoms with van der Waals surface area (Å²) >= 11 is 2.07. The van der Waals surface area contributed by atoms with Crippen molar-refractivity contribution < 1.29 is 4.74 Å². The number of morpholine rings is 1. The van der Waals surface area contributed by atoms with Crippen LogP contribution < -0.4 is 10.6 Å². The minimum absolute atomic E-state index is 0. The molecule has 0 aromatic rings. The average molecular weight is 456 g/mol. The molecule has 2 saturated heterocycles. The molecule has 2 atom stereocenters. The monoisotopic (exact) mass is 456 g/mol. The van der Waals surface area contributed by atoms with Crippen molar-refractivity contribution in [1.82, 2.24) is 15.5 Å². The molecule has 2 aliphatic heterocycles.